The van der Waals surface area contributed by atoms with Crippen molar-refractivity contribution in [3.63, 3.8) is 0 Å². The van der Waals surface area contributed by atoms with E-state index in [1.165, 1.54) is 24.2 Å². The summed E-state index contributed by atoms with van der Waals surface area (Å²) in [5, 5.41) is 23.2. The third-order valence-electron chi connectivity index (χ3n) is 6.07. The van der Waals surface area contributed by atoms with E-state index in [0.717, 1.165) is 0 Å². The highest BCUT2D eigenvalue weighted by Gasteiger charge is 2.41. The number of benzene rings is 1. The summed E-state index contributed by atoms with van der Waals surface area (Å²) >= 11 is 1.97. The van der Waals surface area contributed by atoms with Crippen LogP contribution in [0.4, 0.5) is 0 Å². The number of aliphatic hydroxyl groups excluding tert-OH is 2. The molecule has 2 amide bonds. The minimum absolute atomic E-state index is 0.0112. The number of aldehydes is 1. The van der Waals surface area contributed by atoms with Crippen molar-refractivity contribution in [3.8, 4) is 11.5 Å². The SMILES string of the molecule is CCC(=O)C(=O)N(CCCOC(C)C)C1CC(C(=O)NCCO)=CC(Oc2c(I)cc(C=O)cc2OC)C1O. The molecule has 3 N–H and O–H groups in total. The molecule has 2 rings (SSSR count). The van der Waals surface area contributed by atoms with E-state index in [4.69, 9.17) is 19.3 Å². The molecule has 216 valence electrons. The standard InChI is InChI=1S/C27H37IN2O9/c1-5-21(33)27(36)30(8-6-10-38-16(2)3)20-13-18(26(35)29-7-9-31)14-22(24(20)34)39-25-19(28)11-17(15-32)12-23(25)37-4/h11-12,14-16,20,22,24,31,34H,5-10,13H2,1-4H3,(H,29,35). The highest BCUT2D eigenvalue weighted by atomic mass is 127. The molecule has 0 saturated carbocycles. The Kier molecular flexibility index (Phi) is 13.3. The van der Waals surface area contributed by atoms with E-state index in [1.54, 1.807) is 13.0 Å². The van der Waals surface area contributed by atoms with Gasteiger partial charge >= 0.3 is 0 Å². The summed E-state index contributed by atoms with van der Waals surface area (Å²) in [5.41, 5.74) is 0.589. The lowest BCUT2D eigenvalue weighted by Crippen LogP contribution is -2.56. The molecule has 1 aromatic carbocycles. The van der Waals surface area contributed by atoms with Gasteiger partial charge in [-0.3, -0.25) is 19.2 Å². The number of hydrogen-bond acceptors (Lipinski definition) is 9. The van der Waals surface area contributed by atoms with Crippen molar-refractivity contribution in [1.29, 1.82) is 0 Å². The van der Waals surface area contributed by atoms with Crippen molar-refractivity contribution in [2.75, 3.05) is 33.4 Å². The molecular weight excluding hydrogens is 623 g/mol. The number of nitrogens with zero attached hydrogens (tertiary/aromatic N) is 1. The number of methoxy groups -OCH3 is 1. The maximum atomic E-state index is 13.2. The van der Waals surface area contributed by atoms with Crippen molar-refractivity contribution in [2.45, 2.75) is 64.4 Å². The summed E-state index contributed by atoms with van der Waals surface area (Å²) in [4.78, 5) is 51.1. The van der Waals surface area contributed by atoms with Crippen molar-refractivity contribution >= 4 is 46.5 Å². The Balaban J connectivity index is 2.49. The third kappa shape index (κ3) is 8.98. The van der Waals surface area contributed by atoms with Crippen molar-refractivity contribution in [3.05, 3.63) is 32.9 Å². The average Bonchev–Trinajstić information content (AvgIpc) is 2.92. The molecule has 0 saturated heterocycles. The largest absolute Gasteiger partial charge is 0.493 e. The fourth-order valence-corrected chi connectivity index (χ4v) is 4.87. The fourth-order valence-electron chi connectivity index (χ4n) is 4.12. The first-order chi connectivity index (χ1) is 18.6. The third-order valence-corrected chi connectivity index (χ3v) is 6.87. The van der Waals surface area contributed by atoms with Crippen LogP contribution in [-0.4, -0.2) is 96.8 Å². The van der Waals surface area contributed by atoms with Crippen LogP contribution in [0.3, 0.4) is 0 Å². The van der Waals surface area contributed by atoms with Crippen molar-refractivity contribution < 1.29 is 43.6 Å². The van der Waals surface area contributed by atoms with Gasteiger partial charge in [0.2, 0.25) is 11.7 Å². The molecule has 0 fully saturated rings. The Labute approximate surface area is 242 Å². The van der Waals surface area contributed by atoms with Crippen LogP contribution in [0.5, 0.6) is 11.5 Å². The van der Waals surface area contributed by atoms with Gasteiger partial charge in [0.05, 0.1) is 29.4 Å². The Morgan fingerprint density at radius 3 is 2.59 bits per heavy atom. The molecule has 0 aliphatic heterocycles. The quantitative estimate of drug-likeness (QED) is 0.110. The van der Waals surface area contributed by atoms with E-state index >= 15 is 0 Å². The first-order valence-electron chi connectivity index (χ1n) is 12.8. The number of ketones is 1. The lowest BCUT2D eigenvalue weighted by Gasteiger charge is -2.40. The molecule has 11 nitrogen and oxygen atoms in total. The van der Waals surface area contributed by atoms with Crippen molar-refractivity contribution in [1.82, 2.24) is 10.2 Å². The molecule has 1 aliphatic rings. The van der Waals surface area contributed by atoms with Gasteiger partial charge in [-0.25, -0.2) is 0 Å². The maximum absolute atomic E-state index is 13.2. The molecule has 3 unspecified atom stereocenters. The highest BCUT2D eigenvalue weighted by Crippen LogP contribution is 2.37. The molecule has 0 heterocycles. The lowest BCUT2D eigenvalue weighted by atomic mass is 9.87. The van der Waals surface area contributed by atoms with Gasteiger partial charge in [-0.2, -0.15) is 0 Å². The topological polar surface area (TPSA) is 152 Å². The normalized spacial score (nSPS) is 18.8. The number of ether oxygens (including phenoxy) is 3. The summed E-state index contributed by atoms with van der Waals surface area (Å²) in [7, 11) is 1.41. The van der Waals surface area contributed by atoms with E-state index in [2.05, 4.69) is 5.32 Å². The first-order valence-corrected chi connectivity index (χ1v) is 13.9. The number of amides is 2. The molecule has 1 aliphatic carbocycles. The van der Waals surface area contributed by atoms with Gasteiger partial charge in [0.1, 0.15) is 18.5 Å². The summed E-state index contributed by atoms with van der Waals surface area (Å²) in [6, 6.07) is 2.11. The van der Waals surface area contributed by atoms with Gasteiger partial charge in [0, 0.05) is 43.7 Å². The first kappa shape index (κ1) is 32.7. The van der Waals surface area contributed by atoms with Gasteiger partial charge in [0.25, 0.3) is 5.91 Å². The summed E-state index contributed by atoms with van der Waals surface area (Å²) in [5.74, 6) is -1.38. The van der Waals surface area contributed by atoms with E-state index in [-0.39, 0.29) is 55.7 Å². The lowest BCUT2D eigenvalue weighted by molar-refractivity contribution is -0.149. The Morgan fingerprint density at radius 1 is 1.28 bits per heavy atom. The zero-order valence-electron chi connectivity index (χ0n) is 22.6. The number of rotatable bonds is 15. The number of Topliss-reactive ketones (excluding diaryl/α,β-unsaturated/α-hetero) is 1. The molecule has 39 heavy (non-hydrogen) atoms. The number of carbonyl (C=O) groups is 4. The predicted molar refractivity (Wildman–Crippen MR) is 151 cm³/mol. The monoisotopic (exact) mass is 660 g/mol. The number of carbonyl (C=O) groups excluding carboxylic acids is 4. The summed E-state index contributed by atoms with van der Waals surface area (Å²) in [6.07, 6.45) is 0.0432. The van der Waals surface area contributed by atoms with Gasteiger partial charge < -0.3 is 34.6 Å². The number of hydrogen-bond donors (Lipinski definition) is 3. The van der Waals surface area contributed by atoms with Crippen LogP contribution in [0.25, 0.3) is 0 Å². The number of nitrogens with one attached hydrogen (secondary N) is 1. The van der Waals surface area contributed by atoms with Crippen LogP contribution in [0.1, 0.15) is 50.4 Å². The van der Waals surface area contributed by atoms with Gasteiger partial charge in [0.15, 0.2) is 11.5 Å². The Bertz CT molecular complexity index is 1060. The summed E-state index contributed by atoms with van der Waals surface area (Å²) < 4.78 is 17.7. The van der Waals surface area contributed by atoms with Crippen LogP contribution >= 0.6 is 22.6 Å². The van der Waals surface area contributed by atoms with Crippen LogP contribution < -0.4 is 14.8 Å². The summed E-state index contributed by atoms with van der Waals surface area (Å²) in [6.45, 7) is 5.54. The van der Waals surface area contributed by atoms with Gasteiger partial charge in [-0.15, -0.1) is 0 Å². The molecule has 12 heteroatoms. The molecule has 0 aromatic heterocycles. The smallest absolute Gasteiger partial charge is 0.290 e. The second-order valence-electron chi connectivity index (χ2n) is 9.22. The molecule has 0 bridgehead atoms. The molecular formula is C27H37IN2O9. The minimum atomic E-state index is -1.31. The molecule has 1 aromatic rings. The number of halogens is 1. The fraction of sp³-hybridized carbons (Fsp3) is 0.556. The average molecular weight is 661 g/mol. The van der Waals surface area contributed by atoms with E-state index in [1.807, 2.05) is 36.4 Å². The van der Waals surface area contributed by atoms with E-state index in [9.17, 15) is 24.3 Å². The van der Waals surface area contributed by atoms with Crippen LogP contribution in [0.15, 0.2) is 23.8 Å². The van der Waals surface area contributed by atoms with E-state index in [0.29, 0.717) is 28.4 Å². The van der Waals surface area contributed by atoms with E-state index < -0.39 is 35.8 Å². The Morgan fingerprint density at radius 2 is 2.00 bits per heavy atom. The van der Waals surface area contributed by atoms with Crippen LogP contribution in [0.2, 0.25) is 0 Å². The van der Waals surface area contributed by atoms with Gasteiger partial charge in [-0.05, 0) is 61.1 Å². The second-order valence-corrected chi connectivity index (χ2v) is 10.4. The zero-order valence-corrected chi connectivity index (χ0v) is 24.8. The minimum Gasteiger partial charge on any atom is -0.493 e. The maximum Gasteiger partial charge on any atom is 0.290 e. The van der Waals surface area contributed by atoms with Crippen LogP contribution in [-0.2, 0) is 19.1 Å². The highest BCUT2D eigenvalue weighted by molar-refractivity contribution is 14.1. The molecule has 0 spiro atoms. The molecule has 0 radical (unpaired) electrons. The predicted octanol–water partition coefficient (Wildman–Crippen LogP) is 1.65. The molecule has 3 atom stereocenters. The number of aliphatic hydroxyl groups is 2. The van der Waals surface area contributed by atoms with Crippen molar-refractivity contribution in [2.24, 2.45) is 0 Å². The van der Waals surface area contributed by atoms with Crippen LogP contribution in [0, 0.1) is 3.57 Å². The van der Waals surface area contributed by atoms with Gasteiger partial charge in [-0.1, -0.05) is 6.92 Å². The zero-order chi connectivity index (χ0) is 29.1. The Hall–Kier alpha value is -2.55. The second kappa shape index (κ2) is 15.9.